The molecule has 0 spiro atoms. The maximum Gasteiger partial charge on any atom is 0.251 e. The van der Waals surface area contributed by atoms with Crippen molar-refractivity contribution < 1.29 is 4.79 Å². The zero-order valence-electron chi connectivity index (χ0n) is 10.2. The van der Waals surface area contributed by atoms with E-state index in [1.54, 1.807) is 12.1 Å². The average Bonchev–Trinajstić information content (AvgIpc) is 2.30. The van der Waals surface area contributed by atoms with Gasteiger partial charge in [-0.15, -0.1) is 0 Å². The van der Waals surface area contributed by atoms with E-state index in [0.29, 0.717) is 18.5 Å². The molecule has 0 saturated carbocycles. The molecule has 0 unspecified atom stereocenters. The minimum atomic E-state index is -0.0737. The second kappa shape index (κ2) is 6.66. The van der Waals surface area contributed by atoms with Gasteiger partial charge in [-0.2, -0.15) is 5.26 Å². The van der Waals surface area contributed by atoms with Gasteiger partial charge in [0.2, 0.25) is 0 Å². The highest BCUT2D eigenvalue weighted by Gasteiger charge is 2.04. The number of benzene rings is 1. The van der Waals surface area contributed by atoms with Crippen LogP contribution < -0.4 is 5.32 Å². The third-order valence-corrected chi connectivity index (χ3v) is 2.34. The number of hydrogen-bond donors (Lipinski definition) is 1. The summed E-state index contributed by atoms with van der Waals surface area (Å²) in [6, 6.07) is 9.19. The van der Waals surface area contributed by atoms with Gasteiger partial charge in [-0.05, 0) is 31.8 Å². The summed E-state index contributed by atoms with van der Waals surface area (Å²) in [6.45, 7) is 1.45. The first kappa shape index (κ1) is 13.2. The smallest absolute Gasteiger partial charge is 0.251 e. The van der Waals surface area contributed by atoms with Gasteiger partial charge in [0.15, 0.2) is 0 Å². The normalized spacial score (nSPS) is 10.0. The molecule has 1 aromatic carbocycles. The van der Waals surface area contributed by atoms with Gasteiger partial charge < -0.3 is 10.2 Å². The number of carbonyl (C=O) groups is 1. The molecule has 0 fully saturated rings. The van der Waals surface area contributed by atoms with Gasteiger partial charge in [0.05, 0.1) is 12.5 Å². The molecule has 0 bridgehead atoms. The number of carbonyl (C=O) groups excluding carboxylic acids is 1. The van der Waals surface area contributed by atoms with Crippen molar-refractivity contribution in [1.82, 2.24) is 10.2 Å². The second-order valence-electron chi connectivity index (χ2n) is 4.09. The van der Waals surface area contributed by atoms with Crippen molar-refractivity contribution in [3.63, 3.8) is 0 Å². The Morgan fingerprint density at radius 1 is 1.35 bits per heavy atom. The fourth-order valence-corrected chi connectivity index (χ4v) is 1.36. The van der Waals surface area contributed by atoms with E-state index in [1.165, 1.54) is 0 Å². The lowest BCUT2D eigenvalue weighted by molar-refractivity contribution is 0.0951. The van der Waals surface area contributed by atoms with Crippen LogP contribution >= 0.6 is 0 Å². The number of nitriles is 1. The highest BCUT2D eigenvalue weighted by Crippen LogP contribution is 2.04. The summed E-state index contributed by atoms with van der Waals surface area (Å²) in [5.41, 5.74) is 1.56. The number of hydrogen-bond acceptors (Lipinski definition) is 3. The van der Waals surface area contributed by atoms with E-state index in [9.17, 15) is 4.79 Å². The Labute approximate surface area is 102 Å². The summed E-state index contributed by atoms with van der Waals surface area (Å²) in [5, 5.41) is 11.4. The predicted molar refractivity (Wildman–Crippen MR) is 66.6 cm³/mol. The largest absolute Gasteiger partial charge is 0.351 e. The fraction of sp³-hybridized carbons (Fsp3) is 0.385. The molecule has 4 heteroatoms. The Morgan fingerprint density at radius 2 is 2.00 bits per heavy atom. The van der Waals surface area contributed by atoms with Gasteiger partial charge in [0.1, 0.15) is 0 Å². The first-order valence-corrected chi connectivity index (χ1v) is 5.52. The molecule has 1 aromatic rings. The molecular weight excluding hydrogens is 214 g/mol. The molecule has 4 nitrogen and oxygen atoms in total. The lowest BCUT2D eigenvalue weighted by Gasteiger charge is -2.10. The molecule has 0 heterocycles. The first-order valence-electron chi connectivity index (χ1n) is 5.52. The lowest BCUT2D eigenvalue weighted by atomic mass is 10.1. The molecule has 0 radical (unpaired) electrons. The van der Waals surface area contributed by atoms with Crippen LogP contribution in [0.15, 0.2) is 24.3 Å². The molecule has 1 amide bonds. The number of likely N-dealkylation sites (N-methyl/N-ethyl adjacent to an activating group) is 1. The lowest BCUT2D eigenvalue weighted by Crippen LogP contribution is -2.31. The zero-order valence-corrected chi connectivity index (χ0v) is 10.2. The van der Waals surface area contributed by atoms with E-state index in [1.807, 2.05) is 31.1 Å². The van der Waals surface area contributed by atoms with Crippen LogP contribution in [0.2, 0.25) is 0 Å². The Bertz CT molecular complexity index is 404. The maximum absolute atomic E-state index is 11.7. The van der Waals surface area contributed by atoms with E-state index >= 15 is 0 Å². The molecule has 1 rings (SSSR count). The number of amides is 1. The predicted octanol–water partition coefficient (Wildman–Crippen LogP) is 1.04. The van der Waals surface area contributed by atoms with Crippen LogP contribution in [0.3, 0.4) is 0 Å². The first-order chi connectivity index (χ1) is 8.13. The molecule has 0 aromatic heterocycles. The van der Waals surface area contributed by atoms with E-state index < -0.39 is 0 Å². The molecule has 17 heavy (non-hydrogen) atoms. The van der Waals surface area contributed by atoms with Crippen molar-refractivity contribution in [1.29, 1.82) is 5.26 Å². The molecule has 0 saturated heterocycles. The second-order valence-corrected chi connectivity index (χ2v) is 4.09. The third kappa shape index (κ3) is 4.66. The minimum absolute atomic E-state index is 0.0737. The molecule has 90 valence electrons. The Hall–Kier alpha value is -1.86. The van der Waals surface area contributed by atoms with Gasteiger partial charge in [-0.1, -0.05) is 12.1 Å². The van der Waals surface area contributed by atoms with Gasteiger partial charge in [-0.25, -0.2) is 0 Å². The molecule has 0 aliphatic rings. The van der Waals surface area contributed by atoms with E-state index in [-0.39, 0.29) is 5.91 Å². The number of nitrogens with zero attached hydrogens (tertiary/aromatic N) is 2. The number of nitrogens with one attached hydrogen (secondary N) is 1. The Morgan fingerprint density at radius 3 is 2.53 bits per heavy atom. The summed E-state index contributed by atoms with van der Waals surface area (Å²) in [7, 11) is 3.92. The van der Waals surface area contributed by atoms with Crippen molar-refractivity contribution in [2.24, 2.45) is 0 Å². The van der Waals surface area contributed by atoms with Crippen molar-refractivity contribution in [3.05, 3.63) is 35.4 Å². The van der Waals surface area contributed by atoms with Crippen LogP contribution in [0.25, 0.3) is 0 Å². The zero-order chi connectivity index (χ0) is 12.7. The van der Waals surface area contributed by atoms with Gasteiger partial charge >= 0.3 is 0 Å². The summed E-state index contributed by atoms with van der Waals surface area (Å²) < 4.78 is 0. The van der Waals surface area contributed by atoms with Gasteiger partial charge in [-0.3, -0.25) is 4.79 Å². The van der Waals surface area contributed by atoms with Crippen molar-refractivity contribution in [2.45, 2.75) is 6.42 Å². The molecule has 0 atom stereocenters. The van der Waals surface area contributed by atoms with Crippen LogP contribution in [0.4, 0.5) is 0 Å². The Kier molecular flexibility index (Phi) is 5.18. The van der Waals surface area contributed by atoms with Crippen LogP contribution in [0.5, 0.6) is 0 Å². The van der Waals surface area contributed by atoms with Crippen LogP contribution in [0, 0.1) is 11.3 Å². The topological polar surface area (TPSA) is 56.1 Å². The SMILES string of the molecule is CN(C)CCNC(=O)c1ccc(CC#N)cc1. The van der Waals surface area contributed by atoms with Crippen molar-refractivity contribution >= 4 is 5.91 Å². The Balaban J connectivity index is 2.49. The van der Waals surface area contributed by atoms with Crippen LogP contribution in [-0.2, 0) is 6.42 Å². The van der Waals surface area contributed by atoms with E-state index in [4.69, 9.17) is 5.26 Å². The van der Waals surface area contributed by atoms with Crippen LogP contribution in [-0.4, -0.2) is 38.0 Å². The van der Waals surface area contributed by atoms with Crippen LogP contribution in [0.1, 0.15) is 15.9 Å². The highest BCUT2D eigenvalue weighted by atomic mass is 16.1. The maximum atomic E-state index is 11.7. The quantitative estimate of drug-likeness (QED) is 0.824. The van der Waals surface area contributed by atoms with Crippen molar-refractivity contribution in [2.75, 3.05) is 27.2 Å². The molecule has 0 aliphatic carbocycles. The summed E-state index contributed by atoms with van der Waals surface area (Å²) in [6.07, 6.45) is 0.378. The minimum Gasteiger partial charge on any atom is -0.351 e. The van der Waals surface area contributed by atoms with E-state index in [2.05, 4.69) is 11.4 Å². The van der Waals surface area contributed by atoms with E-state index in [0.717, 1.165) is 12.1 Å². The van der Waals surface area contributed by atoms with Crippen molar-refractivity contribution in [3.8, 4) is 6.07 Å². The highest BCUT2D eigenvalue weighted by molar-refractivity contribution is 5.94. The summed E-state index contributed by atoms with van der Waals surface area (Å²) in [4.78, 5) is 13.7. The average molecular weight is 231 g/mol. The van der Waals surface area contributed by atoms with Gasteiger partial charge in [0, 0.05) is 18.7 Å². The number of rotatable bonds is 5. The summed E-state index contributed by atoms with van der Waals surface area (Å²) in [5.74, 6) is -0.0737. The third-order valence-electron chi connectivity index (χ3n) is 2.34. The molecule has 0 aliphatic heterocycles. The fourth-order valence-electron chi connectivity index (χ4n) is 1.36. The monoisotopic (exact) mass is 231 g/mol. The van der Waals surface area contributed by atoms with Gasteiger partial charge in [0.25, 0.3) is 5.91 Å². The molecule has 1 N–H and O–H groups in total. The standard InChI is InChI=1S/C13H17N3O/c1-16(2)10-9-15-13(17)12-5-3-11(4-6-12)7-8-14/h3-6H,7,9-10H2,1-2H3,(H,15,17). The summed E-state index contributed by atoms with van der Waals surface area (Å²) >= 11 is 0. The molecular formula is C13H17N3O.